The van der Waals surface area contributed by atoms with Gasteiger partial charge in [-0.15, -0.1) is 0 Å². The van der Waals surface area contributed by atoms with E-state index in [1.54, 1.807) is 7.11 Å². The molecule has 1 aliphatic heterocycles. The van der Waals surface area contributed by atoms with Crippen molar-refractivity contribution in [2.24, 2.45) is 0 Å². The van der Waals surface area contributed by atoms with Crippen molar-refractivity contribution >= 4 is 6.09 Å². The summed E-state index contributed by atoms with van der Waals surface area (Å²) in [5.74, 6) is 0.744. The topological polar surface area (TPSA) is 47.6 Å². The molecule has 1 fully saturated rings. The Morgan fingerprint density at radius 1 is 1.50 bits per heavy atom. The molecule has 14 heavy (non-hydrogen) atoms. The van der Waals surface area contributed by atoms with Gasteiger partial charge in [-0.25, -0.2) is 4.79 Å². The van der Waals surface area contributed by atoms with E-state index < -0.39 is 0 Å². The maximum atomic E-state index is 10.9. The van der Waals surface area contributed by atoms with Gasteiger partial charge in [0.1, 0.15) is 11.9 Å². The molecule has 0 aromatic heterocycles. The Hall–Kier alpha value is -1.71. The van der Waals surface area contributed by atoms with Gasteiger partial charge in [-0.3, -0.25) is 0 Å². The number of cyclic esters (lactones) is 1. The second-order valence-corrected chi connectivity index (χ2v) is 3.02. The number of rotatable bonds is 2. The minimum absolute atomic E-state index is 0.237. The zero-order valence-corrected chi connectivity index (χ0v) is 7.82. The third-order valence-corrected chi connectivity index (χ3v) is 2.17. The fraction of sp³-hybridized carbons (Fsp3) is 0.300. The predicted octanol–water partition coefficient (Wildman–Crippen LogP) is 1.48. The van der Waals surface area contributed by atoms with Crippen molar-refractivity contribution in [2.45, 2.75) is 6.10 Å². The first-order chi connectivity index (χ1) is 6.81. The Kier molecular flexibility index (Phi) is 2.26. The number of para-hydroxylation sites is 1. The molecule has 74 valence electrons. The lowest BCUT2D eigenvalue weighted by molar-refractivity contribution is 0.139. The van der Waals surface area contributed by atoms with Crippen LogP contribution < -0.4 is 10.1 Å². The summed E-state index contributed by atoms with van der Waals surface area (Å²) < 4.78 is 10.2. The quantitative estimate of drug-likeness (QED) is 0.773. The van der Waals surface area contributed by atoms with Gasteiger partial charge in [-0.05, 0) is 6.07 Å². The third kappa shape index (κ3) is 1.51. The molecule has 0 spiro atoms. The van der Waals surface area contributed by atoms with Crippen LogP contribution in [-0.2, 0) is 4.74 Å². The summed E-state index contributed by atoms with van der Waals surface area (Å²) in [5, 5.41) is 2.60. The fourth-order valence-electron chi connectivity index (χ4n) is 1.49. The van der Waals surface area contributed by atoms with Crippen LogP contribution in [0.5, 0.6) is 5.75 Å². The molecule has 1 aromatic carbocycles. The van der Waals surface area contributed by atoms with Gasteiger partial charge in [0, 0.05) is 5.56 Å². The average molecular weight is 193 g/mol. The van der Waals surface area contributed by atoms with Crippen LogP contribution in [-0.4, -0.2) is 19.7 Å². The van der Waals surface area contributed by atoms with Crippen molar-refractivity contribution in [3.8, 4) is 5.75 Å². The van der Waals surface area contributed by atoms with Gasteiger partial charge in [0.15, 0.2) is 0 Å². The molecule has 2 rings (SSSR count). The summed E-state index contributed by atoms with van der Waals surface area (Å²) in [7, 11) is 1.60. The van der Waals surface area contributed by atoms with E-state index in [0.717, 1.165) is 11.3 Å². The summed E-state index contributed by atoms with van der Waals surface area (Å²) in [4.78, 5) is 10.9. The highest BCUT2D eigenvalue weighted by Crippen LogP contribution is 2.28. The summed E-state index contributed by atoms with van der Waals surface area (Å²) in [6, 6.07) is 7.52. The van der Waals surface area contributed by atoms with Crippen molar-refractivity contribution in [1.82, 2.24) is 5.32 Å². The fourth-order valence-corrected chi connectivity index (χ4v) is 1.49. The SMILES string of the molecule is COc1ccccc1[C@H]1CNC(=O)O1. The Morgan fingerprint density at radius 2 is 2.29 bits per heavy atom. The first-order valence-electron chi connectivity index (χ1n) is 4.38. The average Bonchev–Trinajstić information content (AvgIpc) is 2.65. The summed E-state index contributed by atoms with van der Waals surface area (Å²) in [5.41, 5.74) is 0.897. The molecule has 1 heterocycles. The van der Waals surface area contributed by atoms with Gasteiger partial charge < -0.3 is 14.8 Å². The molecule has 1 atom stereocenters. The molecule has 0 aliphatic carbocycles. The maximum absolute atomic E-state index is 10.9. The molecular formula is C10H11NO3. The number of amides is 1. The van der Waals surface area contributed by atoms with Gasteiger partial charge in [0.05, 0.1) is 13.7 Å². The first-order valence-corrected chi connectivity index (χ1v) is 4.38. The molecule has 4 nitrogen and oxygen atoms in total. The van der Waals surface area contributed by atoms with E-state index in [1.807, 2.05) is 24.3 Å². The van der Waals surface area contributed by atoms with Crippen LogP contribution in [0.3, 0.4) is 0 Å². The zero-order chi connectivity index (χ0) is 9.97. The van der Waals surface area contributed by atoms with Crippen LogP contribution >= 0.6 is 0 Å². The lowest BCUT2D eigenvalue weighted by atomic mass is 10.1. The molecule has 1 aliphatic rings. The van der Waals surface area contributed by atoms with Crippen molar-refractivity contribution in [3.05, 3.63) is 29.8 Å². The second-order valence-electron chi connectivity index (χ2n) is 3.02. The van der Waals surface area contributed by atoms with Crippen LogP contribution in [0.2, 0.25) is 0 Å². The standard InChI is InChI=1S/C10H11NO3/c1-13-8-5-3-2-4-7(8)9-6-11-10(12)14-9/h2-5,9H,6H2,1H3,(H,11,12)/t9-/m1/s1. The Labute approximate surface area is 81.8 Å². The highest BCUT2D eigenvalue weighted by atomic mass is 16.6. The number of alkyl carbamates (subject to hydrolysis) is 1. The van der Waals surface area contributed by atoms with E-state index in [1.165, 1.54) is 0 Å². The van der Waals surface area contributed by atoms with E-state index in [4.69, 9.17) is 9.47 Å². The number of hydrogen-bond acceptors (Lipinski definition) is 3. The van der Waals surface area contributed by atoms with E-state index in [0.29, 0.717) is 6.54 Å². The van der Waals surface area contributed by atoms with Gasteiger partial charge >= 0.3 is 6.09 Å². The van der Waals surface area contributed by atoms with Crippen LogP contribution in [0.4, 0.5) is 4.79 Å². The van der Waals surface area contributed by atoms with Crippen molar-refractivity contribution in [2.75, 3.05) is 13.7 Å². The number of benzene rings is 1. The number of carbonyl (C=O) groups excluding carboxylic acids is 1. The predicted molar refractivity (Wildman–Crippen MR) is 50.2 cm³/mol. The normalized spacial score (nSPS) is 20.1. The molecule has 1 saturated heterocycles. The first kappa shape index (κ1) is 8.87. The summed E-state index contributed by atoms with van der Waals surface area (Å²) in [6.07, 6.45) is -0.612. The van der Waals surface area contributed by atoms with Gasteiger partial charge in [-0.1, -0.05) is 18.2 Å². The number of nitrogens with one attached hydrogen (secondary N) is 1. The van der Waals surface area contributed by atoms with Crippen molar-refractivity contribution in [1.29, 1.82) is 0 Å². The summed E-state index contributed by atoms with van der Waals surface area (Å²) in [6.45, 7) is 0.499. The van der Waals surface area contributed by atoms with E-state index >= 15 is 0 Å². The Bertz CT molecular complexity index is 351. The van der Waals surface area contributed by atoms with Crippen molar-refractivity contribution < 1.29 is 14.3 Å². The molecule has 4 heteroatoms. The highest BCUT2D eigenvalue weighted by molar-refractivity contribution is 5.70. The van der Waals surface area contributed by atoms with Crippen LogP contribution in [0, 0.1) is 0 Å². The molecule has 1 N–H and O–H groups in total. The van der Waals surface area contributed by atoms with Gasteiger partial charge in [-0.2, -0.15) is 0 Å². The second kappa shape index (κ2) is 3.57. The van der Waals surface area contributed by atoms with Crippen LogP contribution in [0.15, 0.2) is 24.3 Å². The lowest BCUT2D eigenvalue weighted by Gasteiger charge is -2.11. The minimum Gasteiger partial charge on any atom is -0.496 e. The molecule has 1 aromatic rings. The van der Waals surface area contributed by atoms with Crippen molar-refractivity contribution in [3.63, 3.8) is 0 Å². The molecular weight excluding hydrogens is 182 g/mol. The Morgan fingerprint density at radius 3 is 2.93 bits per heavy atom. The van der Waals surface area contributed by atoms with E-state index in [-0.39, 0.29) is 12.2 Å². The Balaban J connectivity index is 2.27. The maximum Gasteiger partial charge on any atom is 0.407 e. The molecule has 1 amide bonds. The number of carbonyl (C=O) groups is 1. The number of methoxy groups -OCH3 is 1. The minimum atomic E-state index is -0.374. The van der Waals surface area contributed by atoms with E-state index in [9.17, 15) is 4.79 Å². The third-order valence-electron chi connectivity index (χ3n) is 2.17. The molecule has 0 unspecified atom stereocenters. The van der Waals surface area contributed by atoms with E-state index in [2.05, 4.69) is 5.32 Å². The molecule has 0 bridgehead atoms. The summed E-state index contributed by atoms with van der Waals surface area (Å²) >= 11 is 0. The lowest BCUT2D eigenvalue weighted by Crippen LogP contribution is -2.12. The smallest absolute Gasteiger partial charge is 0.407 e. The highest BCUT2D eigenvalue weighted by Gasteiger charge is 2.26. The van der Waals surface area contributed by atoms with Gasteiger partial charge in [0.2, 0.25) is 0 Å². The van der Waals surface area contributed by atoms with Gasteiger partial charge in [0.25, 0.3) is 0 Å². The number of hydrogen-bond donors (Lipinski definition) is 1. The molecule has 0 saturated carbocycles. The van der Waals surface area contributed by atoms with Crippen LogP contribution in [0.25, 0.3) is 0 Å². The zero-order valence-electron chi connectivity index (χ0n) is 7.82. The number of ether oxygens (including phenoxy) is 2. The van der Waals surface area contributed by atoms with Crippen LogP contribution in [0.1, 0.15) is 11.7 Å². The largest absolute Gasteiger partial charge is 0.496 e. The molecule has 0 radical (unpaired) electrons. The monoisotopic (exact) mass is 193 g/mol.